The van der Waals surface area contributed by atoms with Gasteiger partial charge in [0.1, 0.15) is 23.8 Å². The lowest BCUT2D eigenvalue weighted by Crippen LogP contribution is -2.41. The van der Waals surface area contributed by atoms with E-state index in [0.29, 0.717) is 23.9 Å². The van der Waals surface area contributed by atoms with Crippen LogP contribution in [0.2, 0.25) is 5.02 Å². The van der Waals surface area contributed by atoms with Gasteiger partial charge in [-0.2, -0.15) is 0 Å². The van der Waals surface area contributed by atoms with Crippen LogP contribution in [0.15, 0.2) is 30.6 Å². The van der Waals surface area contributed by atoms with Gasteiger partial charge in [0.05, 0.1) is 18.7 Å². The fourth-order valence-corrected chi connectivity index (χ4v) is 3.10. The number of anilines is 3. The van der Waals surface area contributed by atoms with E-state index in [9.17, 15) is 9.18 Å². The van der Waals surface area contributed by atoms with Gasteiger partial charge in [-0.25, -0.2) is 14.4 Å². The van der Waals surface area contributed by atoms with Crippen LogP contribution >= 0.6 is 11.6 Å². The molecule has 2 aromatic rings. The number of esters is 1. The molecule has 9 heteroatoms. The summed E-state index contributed by atoms with van der Waals surface area (Å²) in [6, 6.07) is 6.45. The van der Waals surface area contributed by atoms with Gasteiger partial charge in [0.15, 0.2) is 0 Å². The van der Waals surface area contributed by atoms with E-state index in [1.165, 1.54) is 25.6 Å². The summed E-state index contributed by atoms with van der Waals surface area (Å²) in [5, 5.41) is 6.53. The fourth-order valence-electron chi connectivity index (χ4n) is 2.92. The first kappa shape index (κ1) is 19.3. The second-order valence-electron chi connectivity index (χ2n) is 6.31. The maximum Gasteiger partial charge on any atom is 0.319 e. The van der Waals surface area contributed by atoms with Gasteiger partial charge in [-0.1, -0.05) is 11.6 Å². The van der Waals surface area contributed by atoms with Gasteiger partial charge < -0.3 is 15.4 Å². The fraction of sp³-hybridized carbons (Fsp3) is 0.389. The van der Waals surface area contributed by atoms with Crippen molar-refractivity contribution in [1.82, 2.24) is 14.9 Å². The lowest BCUT2D eigenvalue weighted by atomic mass is 10.1. The number of benzene rings is 1. The average molecular weight is 394 g/mol. The SMILES string of the molecule is COC(=O)CN1CCC(Nc2cc(Nc3ccc(F)c(Cl)c3)ncn2)CC1. The molecule has 0 spiro atoms. The van der Waals surface area contributed by atoms with E-state index in [0.717, 1.165) is 25.9 Å². The number of rotatable bonds is 6. The molecule has 0 atom stereocenters. The second-order valence-corrected chi connectivity index (χ2v) is 6.72. The van der Waals surface area contributed by atoms with Crippen LogP contribution in [0, 0.1) is 5.82 Å². The Morgan fingerprint density at radius 1 is 1.30 bits per heavy atom. The van der Waals surface area contributed by atoms with E-state index in [4.69, 9.17) is 16.3 Å². The third-order valence-electron chi connectivity index (χ3n) is 4.38. The van der Waals surface area contributed by atoms with Crippen molar-refractivity contribution in [3.8, 4) is 0 Å². The van der Waals surface area contributed by atoms with Crippen LogP contribution in [0.4, 0.5) is 21.7 Å². The molecular weight excluding hydrogens is 373 g/mol. The lowest BCUT2D eigenvalue weighted by molar-refractivity contribution is -0.142. The maximum absolute atomic E-state index is 13.3. The minimum absolute atomic E-state index is 0.0473. The highest BCUT2D eigenvalue weighted by Crippen LogP contribution is 2.23. The van der Waals surface area contributed by atoms with Crippen LogP contribution in [0.5, 0.6) is 0 Å². The Balaban J connectivity index is 1.55. The highest BCUT2D eigenvalue weighted by Gasteiger charge is 2.21. The van der Waals surface area contributed by atoms with Crippen LogP contribution in [0.25, 0.3) is 0 Å². The molecule has 1 aliphatic rings. The van der Waals surface area contributed by atoms with E-state index < -0.39 is 5.82 Å². The highest BCUT2D eigenvalue weighted by molar-refractivity contribution is 6.31. The smallest absolute Gasteiger partial charge is 0.319 e. The van der Waals surface area contributed by atoms with Gasteiger partial charge in [-0.3, -0.25) is 9.69 Å². The van der Waals surface area contributed by atoms with Crippen molar-refractivity contribution in [3.05, 3.63) is 41.4 Å². The summed E-state index contributed by atoms with van der Waals surface area (Å²) in [5.74, 6) is 0.602. The summed E-state index contributed by atoms with van der Waals surface area (Å²) < 4.78 is 18.0. The summed E-state index contributed by atoms with van der Waals surface area (Å²) in [6.07, 6.45) is 3.26. The second kappa shape index (κ2) is 8.96. The quantitative estimate of drug-likeness (QED) is 0.730. The van der Waals surface area contributed by atoms with E-state index in [1.807, 2.05) is 0 Å². The van der Waals surface area contributed by atoms with Crippen molar-refractivity contribution < 1.29 is 13.9 Å². The Kier molecular flexibility index (Phi) is 6.41. The van der Waals surface area contributed by atoms with Crippen molar-refractivity contribution in [3.63, 3.8) is 0 Å². The molecular formula is C18H21ClFN5O2. The van der Waals surface area contributed by atoms with E-state index in [1.54, 1.807) is 12.1 Å². The van der Waals surface area contributed by atoms with Gasteiger partial charge >= 0.3 is 5.97 Å². The molecule has 0 saturated carbocycles. The van der Waals surface area contributed by atoms with Gasteiger partial charge in [0.2, 0.25) is 0 Å². The number of hydrogen-bond donors (Lipinski definition) is 2. The van der Waals surface area contributed by atoms with E-state index in [2.05, 4.69) is 25.5 Å². The van der Waals surface area contributed by atoms with Crippen LogP contribution < -0.4 is 10.6 Å². The topological polar surface area (TPSA) is 79.4 Å². The molecule has 1 aromatic carbocycles. The molecule has 144 valence electrons. The molecule has 0 aliphatic carbocycles. The maximum atomic E-state index is 13.3. The van der Waals surface area contributed by atoms with Gasteiger partial charge in [-0.15, -0.1) is 0 Å². The first-order valence-corrected chi connectivity index (χ1v) is 9.01. The van der Waals surface area contributed by atoms with Crippen molar-refractivity contribution in [1.29, 1.82) is 0 Å². The largest absolute Gasteiger partial charge is 0.468 e. The highest BCUT2D eigenvalue weighted by atomic mass is 35.5. The zero-order chi connectivity index (χ0) is 19.2. The summed E-state index contributed by atoms with van der Waals surface area (Å²) in [4.78, 5) is 21.9. The number of ether oxygens (including phenoxy) is 1. The standard InChI is InChI=1S/C18H21ClFN5O2/c1-27-18(26)10-25-6-4-12(5-7-25)23-16-9-17(22-11-21-16)24-13-2-3-15(20)14(19)8-13/h2-3,8-9,11-12H,4-7,10H2,1H3,(H2,21,22,23,24). The number of halogens is 2. The Labute approximate surface area is 161 Å². The molecule has 2 heterocycles. The van der Waals surface area contributed by atoms with E-state index >= 15 is 0 Å². The third-order valence-corrected chi connectivity index (χ3v) is 4.67. The Morgan fingerprint density at radius 2 is 2.04 bits per heavy atom. The molecule has 0 unspecified atom stereocenters. The number of hydrogen-bond acceptors (Lipinski definition) is 7. The summed E-state index contributed by atoms with van der Waals surface area (Å²) >= 11 is 5.80. The summed E-state index contributed by atoms with van der Waals surface area (Å²) in [7, 11) is 1.40. The number of carbonyl (C=O) groups is 1. The number of nitrogens with one attached hydrogen (secondary N) is 2. The van der Waals surface area contributed by atoms with Crippen molar-refractivity contribution >= 4 is 34.9 Å². The lowest BCUT2D eigenvalue weighted by Gasteiger charge is -2.31. The van der Waals surface area contributed by atoms with Crippen molar-refractivity contribution in [2.24, 2.45) is 0 Å². The number of aromatic nitrogens is 2. The molecule has 2 N–H and O–H groups in total. The Morgan fingerprint density at radius 3 is 2.74 bits per heavy atom. The van der Waals surface area contributed by atoms with Crippen LogP contribution in [-0.2, 0) is 9.53 Å². The zero-order valence-corrected chi connectivity index (χ0v) is 15.7. The molecule has 3 rings (SSSR count). The normalized spacial score (nSPS) is 15.4. The molecule has 7 nitrogen and oxygen atoms in total. The molecule has 1 aromatic heterocycles. The van der Waals surface area contributed by atoms with Gasteiger partial charge in [0.25, 0.3) is 0 Å². The Bertz CT molecular complexity index is 799. The predicted octanol–water partition coefficient (Wildman–Crippen LogP) is 3.06. The minimum Gasteiger partial charge on any atom is -0.468 e. The Hall–Kier alpha value is -2.45. The zero-order valence-electron chi connectivity index (χ0n) is 14.9. The molecule has 27 heavy (non-hydrogen) atoms. The molecule has 1 saturated heterocycles. The van der Waals surface area contributed by atoms with Crippen LogP contribution in [-0.4, -0.2) is 53.6 Å². The molecule has 0 radical (unpaired) electrons. The van der Waals surface area contributed by atoms with Crippen LogP contribution in [0.1, 0.15) is 12.8 Å². The minimum atomic E-state index is -0.467. The molecule has 1 aliphatic heterocycles. The first-order valence-electron chi connectivity index (χ1n) is 8.63. The number of nitrogens with zero attached hydrogens (tertiary/aromatic N) is 3. The van der Waals surface area contributed by atoms with Crippen molar-refractivity contribution in [2.45, 2.75) is 18.9 Å². The first-order chi connectivity index (χ1) is 13.0. The van der Waals surface area contributed by atoms with Crippen molar-refractivity contribution in [2.75, 3.05) is 37.4 Å². The average Bonchev–Trinajstić information content (AvgIpc) is 2.66. The summed E-state index contributed by atoms with van der Waals surface area (Å²) in [6.45, 7) is 1.96. The third kappa shape index (κ3) is 5.51. The predicted molar refractivity (Wildman–Crippen MR) is 102 cm³/mol. The molecule has 1 fully saturated rings. The van der Waals surface area contributed by atoms with E-state index in [-0.39, 0.29) is 17.0 Å². The number of likely N-dealkylation sites (tertiary alicyclic amines) is 1. The number of methoxy groups -OCH3 is 1. The number of piperidine rings is 1. The molecule has 0 amide bonds. The monoisotopic (exact) mass is 393 g/mol. The molecule has 0 bridgehead atoms. The van der Waals surface area contributed by atoms with Gasteiger partial charge in [-0.05, 0) is 31.0 Å². The van der Waals surface area contributed by atoms with Crippen LogP contribution in [0.3, 0.4) is 0 Å². The number of carbonyl (C=O) groups excluding carboxylic acids is 1. The van der Waals surface area contributed by atoms with Gasteiger partial charge in [0, 0.05) is 30.9 Å². The summed E-state index contributed by atoms with van der Waals surface area (Å²) in [5.41, 5.74) is 0.641.